The molecule has 1 unspecified atom stereocenters. The first-order valence-electron chi connectivity index (χ1n) is 3.90. The van der Waals surface area contributed by atoms with Crippen LogP contribution in [0.15, 0.2) is 18.2 Å². The number of phosphoric acid groups is 1. The zero-order chi connectivity index (χ0) is 12.3. The molecule has 1 aromatic carbocycles. The molecule has 7 nitrogen and oxygen atoms in total. The van der Waals surface area contributed by atoms with Gasteiger partial charge in [-0.15, -0.1) is 0 Å². The first-order valence-corrected chi connectivity index (χ1v) is 6.52. The zero-order valence-electron chi connectivity index (χ0n) is 8.70. The van der Waals surface area contributed by atoms with Crippen molar-refractivity contribution in [3.8, 4) is 5.75 Å². The minimum atomic E-state index is -5.04. The quantitative estimate of drug-likeness (QED) is 0.232. The van der Waals surface area contributed by atoms with Crippen LogP contribution in [-0.2, 0) is 9.90 Å². The maximum absolute atomic E-state index is 10.6. The van der Waals surface area contributed by atoms with Gasteiger partial charge >= 0.3 is 43.1 Å². The number of nitro benzene ring substituents is 1. The molecule has 0 fully saturated rings. The summed E-state index contributed by atoms with van der Waals surface area (Å²) in [7, 11) is -5.04. The van der Waals surface area contributed by atoms with Gasteiger partial charge in [-0.05, 0) is 11.6 Å². The van der Waals surface area contributed by atoms with E-state index in [9.17, 15) is 19.6 Å². The molecule has 0 bridgehead atoms. The van der Waals surface area contributed by atoms with Crippen LogP contribution in [0.2, 0.25) is 0 Å². The van der Waals surface area contributed by atoms with E-state index >= 15 is 0 Å². The third kappa shape index (κ3) is 5.48. The van der Waals surface area contributed by atoms with E-state index in [-0.39, 0.29) is 29.6 Å². The van der Waals surface area contributed by atoms with Gasteiger partial charge in [-0.1, -0.05) is 22.0 Å². The second-order valence-corrected chi connectivity index (χ2v) is 4.43. The summed E-state index contributed by atoms with van der Waals surface area (Å²) >= 11 is 3.10. The number of rotatable bonds is 4. The molecule has 0 aliphatic carbocycles. The Hall–Kier alpha value is 0.0500. The van der Waals surface area contributed by atoms with Gasteiger partial charge in [-0.25, -0.2) is 0 Å². The van der Waals surface area contributed by atoms with E-state index in [1.165, 1.54) is 6.07 Å². The average molecular weight is 334 g/mol. The molecule has 1 N–H and O–H groups in total. The van der Waals surface area contributed by atoms with Gasteiger partial charge in [-0.2, -0.15) is 0 Å². The molecule has 10 heteroatoms. The molecule has 0 heterocycles. The van der Waals surface area contributed by atoms with Crippen molar-refractivity contribution in [2.75, 3.05) is 0 Å². The molecule has 0 saturated heterocycles. The van der Waals surface area contributed by atoms with Crippen LogP contribution in [0.25, 0.3) is 0 Å². The molecular formula is C7H6BrNNaO6P. The molecule has 0 aromatic heterocycles. The number of hydrogen-bond acceptors (Lipinski definition) is 5. The molecule has 0 spiro atoms. The third-order valence-corrected chi connectivity index (χ3v) is 2.66. The zero-order valence-corrected chi connectivity index (χ0v) is 13.2. The second kappa shape index (κ2) is 6.84. The Labute approximate surface area is 127 Å². The summed E-state index contributed by atoms with van der Waals surface area (Å²) in [4.78, 5) is 28.7. The Morgan fingerprint density at radius 3 is 2.53 bits per heavy atom. The fourth-order valence-corrected chi connectivity index (χ4v) is 1.74. The number of alkyl halides is 1. The molecule has 1 rings (SSSR count). The first-order chi connectivity index (χ1) is 7.33. The number of halogens is 1. The van der Waals surface area contributed by atoms with Crippen LogP contribution in [0.3, 0.4) is 0 Å². The first kappa shape index (κ1) is 17.1. The van der Waals surface area contributed by atoms with Gasteiger partial charge in [0, 0.05) is 11.4 Å². The molecular weight excluding hydrogens is 328 g/mol. The van der Waals surface area contributed by atoms with Crippen molar-refractivity contribution >= 4 is 29.4 Å². The van der Waals surface area contributed by atoms with E-state index in [1.807, 2.05) is 0 Å². The van der Waals surface area contributed by atoms with Gasteiger partial charge in [0.1, 0.15) is 0 Å². The SMILES string of the molecule is O=[N+]([O-])c1cc(CBr)ccc1OP(=O)([O-])O.[Na+]. The van der Waals surface area contributed by atoms with E-state index < -0.39 is 24.2 Å². The van der Waals surface area contributed by atoms with Gasteiger partial charge in [0.05, 0.1) is 4.92 Å². The number of nitrogens with zero attached hydrogens (tertiary/aromatic N) is 1. The fraction of sp³-hybridized carbons (Fsp3) is 0.143. The Bertz CT molecular complexity index is 464. The van der Waals surface area contributed by atoms with Gasteiger partial charge in [0.2, 0.25) is 5.75 Å². The van der Waals surface area contributed by atoms with Crippen LogP contribution in [0.4, 0.5) is 5.69 Å². The molecule has 1 atom stereocenters. The van der Waals surface area contributed by atoms with E-state index in [0.717, 1.165) is 12.1 Å². The predicted molar refractivity (Wildman–Crippen MR) is 56.2 cm³/mol. The van der Waals surface area contributed by atoms with Gasteiger partial charge < -0.3 is 14.3 Å². The topological polar surface area (TPSA) is 113 Å². The Balaban J connectivity index is 0.00000256. The van der Waals surface area contributed by atoms with Crippen LogP contribution in [-0.4, -0.2) is 9.82 Å². The smallest absolute Gasteiger partial charge is 0.746 e. The molecule has 0 aliphatic rings. The fourth-order valence-electron chi connectivity index (χ4n) is 0.990. The van der Waals surface area contributed by atoms with Crippen LogP contribution in [0, 0.1) is 10.1 Å². The summed E-state index contributed by atoms with van der Waals surface area (Å²) in [6.07, 6.45) is 0. The van der Waals surface area contributed by atoms with Crippen molar-refractivity contribution in [1.29, 1.82) is 0 Å². The maximum Gasteiger partial charge on any atom is 1.00 e. The van der Waals surface area contributed by atoms with Crippen molar-refractivity contribution in [2.24, 2.45) is 0 Å². The van der Waals surface area contributed by atoms with Crippen molar-refractivity contribution < 1.29 is 53.4 Å². The number of benzene rings is 1. The van der Waals surface area contributed by atoms with Crippen molar-refractivity contribution in [2.45, 2.75) is 5.33 Å². The van der Waals surface area contributed by atoms with Crippen molar-refractivity contribution in [3.05, 3.63) is 33.9 Å². The van der Waals surface area contributed by atoms with E-state index in [4.69, 9.17) is 4.89 Å². The van der Waals surface area contributed by atoms with Crippen LogP contribution < -0.4 is 39.0 Å². The Kier molecular flexibility index (Phi) is 6.86. The molecule has 88 valence electrons. The number of nitro groups is 1. The van der Waals surface area contributed by atoms with E-state index in [0.29, 0.717) is 10.9 Å². The molecule has 0 saturated carbocycles. The maximum atomic E-state index is 10.6. The van der Waals surface area contributed by atoms with Crippen LogP contribution in [0.5, 0.6) is 5.75 Å². The predicted octanol–water partition coefficient (Wildman–Crippen LogP) is -1.67. The summed E-state index contributed by atoms with van der Waals surface area (Å²) in [5.41, 5.74) is 0.0554. The minimum absolute atomic E-state index is 0. The summed E-state index contributed by atoms with van der Waals surface area (Å²) < 4.78 is 14.6. The monoisotopic (exact) mass is 333 g/mol. The van der Waals surface area contributed by atoms with Gasteiger partial charge in [0.25, 0.3) is 0 Å². The van der Waals surface area contributed by atoms with E-state index in [1.54, 1.807) is 0 Å². The third-order valence-electron chi connectivity index (χ3n) is 1.59. The second-order valence-electron chi connectivity index (χ2n) is 2.75. The van der Waals surface area contributed by atoms with Crippen LogP contribution in [0.1, 0.15) is 5.56 Å². The van der Waals surface area contributed by atoms with Crippen molar-refractivity contribution in [1.82, 2.24) is 0 Å². The standard InChI is InChI=1S/C7H7BrNO6P.Na/c8-4-5-1-2-7(15-16(12,13)14)6(3-5)9(10)11;/h1-3H,4H2,(H2,12,13,14);/q;+1/p-1. The number of phosphoric ester groups is 1. The largest absolute Gasteiger partial charge is 1.00 e. The van der Waals surface area contributed by atoms with Crippen molar-refractivity contribution in [3.63, 3.8) is 0 Å². The normalized spacial score (nSPS) is 13.4. The van der Waals surface area contributed by atoms with Gasteiger partial charge in [-0.3, -0.25) is 14.7 Å². The molecule has 0 radical (unpaired) electrons. The minimum Gasteiger partial charge on any atom is -0.746 e. The average Bonchev–Trinajstić information content (AvgIpc) is 2.15. The van der Waals surface area contributed by atoms with Gasteiger partial charge in [0.15, 0.2) is 0 Å². The Morgan fingerprint density at radius 2 is 2.12 bits per heavy atom. The summed E-state index contributed by atoms with van der Waals surface area (Å²) in [6.45, 7) is 0. The molecule has 0 aliphatic heterocycles. The van der Waals surface area contributed by atoms with Crippen LogP contribution >= 0.6 is 23.8 Å². The summed E-state index contributed by atoms with van der Waals surface area (Å²) in [5, 5.41) is 11.0. The summed E-state index contributed by atoms with van der Waals surface area (Å²) in [6, 6.07) is 3.70. The number of hydrogen-bond donors (Lipinski definition) is 1. The molecule has 17 heavy (non-hydrogen) atoms. The summed E-state index contributed by atoms with van der Waals surface area (Å²) in [5.74, 6) is -0.518. The molecule has 0 amide bonds. The molecule has 1 aromatic rings. The van der Waals surface area contributed by atoms with E-state index in [2.05, 4.69) is 20.5 Å². The Morgan fingerprint density at radius 1 is 1.53 bits per heavy atom.